The quantitative estimate of drug-likeness (QED) is 0.625. The number of carbonyl (C=O) groups excluding carboxylic acids is 1. The lowest BCUT2D eigenvalue weighted by molar-refractivity contribution is 0.0950. The van der Waals surface area contributed by atoms with Gasteiger partial charge < -0.3 is 14.8 Å². The number of rotatable bonds is 6. The van der Waals surface area contributed by atoms with Crippen molar-refractivity contribution in [3.05, 3.63) is 38.5 Å². The second-order valence-corrected chi connectivity index (χ2v) is 10.6. The van der Waals surface area contributed by atoms with Gasteiger partial charge in [-0.3, -0.25) is 4.79 Å². The molecule has 1 aromatic heterocycles. The number of thiophene rings is 1. The lowest BCUT2D eigenvalue weighted by atomic mass is 10.0. The first-order chi connectivity index (χ1) is 12.6. The highest BCUT2D eigenvalue weighted by Crippen LogP contribution is 2.41. The smallest absolute Gasteiger partial charge is 0.261 e. The predicted molar refractivity (Wildman–Crippen MR) is 106 cm³/mol. The molecule has 27 heavy (non-hydrogen) atoms. The number of fused-ring (bicyclic) bond motifs is 1. The molecule has 1 amide bonds. The molecule has 0 saturated carbocycles. The van der Waals surface area contributed by atoms with E-state index in [0.29, 0.717) is 9.54 Å². The van der Waals surface area contributed by atoms with Crippen LogP contribution in [0.25, 0.3) is 0 Å². The Morgan fingerprint density at radius 2 is 2.19 bits per heavy atom. The van der Waals surface area contributed by atoms with Crippen molar-refractivity contribution >= 4 is 43.2 Å². The summed E-state index contributed by atoms with van der Waals surface area (Å²) in [7, 11) is -3.88. The SMILES string of the molecule is CC1(C)Cc2cccc(OCCNC(=O)c3cc(S(N)(=O)=O)c(Br)s3)c2O1. The third kappa shape index (κ3) is 4.63. The predicted octanol–water partition coefficient (Wildman–Crippen LogP) is 2.68. The average molecular weight is 475 g/mol. The number of nitrogens with one attached hydrogen (secondary N) is 1. The molecule has 0 fully saturated rings. The molecule has 3 rings (SSSR count). The first kappa shape index (κ1) is 20.1. The molecule has 2 heterocycles. The van der Waals surface area contributed by atoms with Crippen LogP contribution in [0.1, 0.15) is 29.1 Å². The van der Waals surface area contributed by atoms with Crippen LogP contribution >= 0.6 is 27.3 Å². The summed E-state index contributed by atoms with van der Waals surface area (Å²) < 4.78 is 34.9. The normalized spacial score (nSPS) is 15.1. The monoisotopic (exact) mass is 474 g/mol. The maximum atomic E-state index is 12.2. The molecule has 0 aliphatic carbocycles. The zero-order valence-corrected chi connectivity index (χ0v) is 18.0. The largest absolute Gasteiger partial charge is 0.488 e. The summed E-state index contributed by atoms with van der Waals surface area (Å²) in [5.74, 6) is 0.992. The molecule has 2 aromatic rings. The van der Waals surface area contributed by atoms with Crippen LogP contribution in [0.3, 0.4) is 0 Å². The van der Waals surface area contributed by atoms with E-state index in [4.69, 9.17) is 14.6 Å². The summed E-state index contributed by atoms with van der Waals surface area (Å²) >= 11 is 4.12. The first-order valence-electron chi connectivity index (χ1n) is 8.11. The van der Waals surface area contributed by atoms with Crippen LogP contribution in [0.4, 0.5) is 0 Å². The van der Waals surface area contributed by atoms with Gasteiger partial charge in [-0.1, -0.05) is 12.1 Å². The Hall–Kier alpha value is -1.62. The van der Waals surface area contributed by atoms with Crippen molar-refractivity contribution in [1.29, 1.82) is 0 Å². The van der Waals surface area contributed by atoms with Crippen LogP contribution in [0.5, 0.6) is 11.5 Å². The summed E-state index contributed by atoms with van der Waals surface area (Å²) in [5, 5.41) is 7.80. The summed E-state index contributed by atoms with van der Waals surface area (Å²) in [6, 6.07) is 7.00. The molecular formula is C17H19BrN2O5S2. The fourth-order valence-corrected chi connectivity index (χ4v) is 5.83. The summed E-state index contributed by atoms with van der Waals surface area (Å²) in [5.41, 5.74) is 0.837. The minimum Gasteiger partial charge on any atom is -0.488 e. The molecule has 0 bridgehead atoms. The van der Waals surface area contributed by atoms with Crippen molar-refractivity contribution < 1.29 is 22.7 Å². The Labute approximate surface area is 170 Å². The number of amides is 1. The second kappa shape index (κ2) is 7.42. The van der Waals surface area contributed by atoms with E-state index in [2.05, 4.69) is 21.2 Å². The number of nitrogens with two attached hydrogens (primary N) is 1. The van der Waals surface area contributed by atoms with Gasteiger partial charge >= 0.3 is 0 Å². The van der Waals surface area contributed by atoms with Crippen molar-refractivity contribution in [2.24, 2.45) is 5.14 Å². The average Bonchev–Trinajstić information content (AvgIpc) is 3.09. The third-order valence-corrected chi connectivity index (χ3v) is 7.05. The van der Waals surface area contributed by atoms with Gasteiger partial charge in [-0.25, -0.2) is 13.6 Å². The molecule has 146 valence electrons. The van der Waals surface area contributed by atoms with Crippen LogP contribution in [0.15, 0.2) is 32.9 Å². The van der Waals surface area contributed by atoms with Crippen LogP contribution in [-0.2, 0) is 16.4 Å². The fraction of sp³-hybridized carbons (Fsp3) is 0.353. The number of para-hydroxylation sites is 1. The highest BCUT2D eigenvalue weighted by Gasteiger charge is 2.32. The van der Waals surface area contributed by atoms with E-state index in [1.54, 1.807) is 0 Å². The van der Waals surface area contributed by atoms with Crippen molar-refractivity contribution in [2.45, 2.75) is 30.8 Å². The van der Waals surface area contributed by atoms with Crippen LogP contribution in [-0.4, -0.2) is 33.1 Å². The first-order valence-corrected chi connectivity index (χ1v) is 11.3. The molecule has 0 radical (unpaired) electrons. The number of primary sulfonamides is 1. The van der Waals surface area contributed by atoms with E-state index in [-0.39, 0.29) is 28.5 Å². The summed E-state index contributed by atoms with van der Waals surface area (Å²) in [6.07, 6.45) is 0.815. The molecule has 3 N–H and O–H groups in total. The maximum absolute atomic E-state index is 12.2. The van der Waals surface area contributed by atoms with E-state index in [1.165, 1.54) is 6.07 Å². The zero-order valence-electron chi connectivity index (χ0n) is 14.7. The fourth-order valence-electron chi connectivity index (χ4n) is 2.77. The van der Waals surface area contributed by atoms with Gasteiger partial charge in [0.05, 0.1) is 15.2 Å². The maximum Gasteiger partial charge on any atom is 0.261 e. The van der Waals surface area contributed by atoms with Crippen molar-refractivity contribution in [3.8, 4) is 11.5 Å². The minimum absolute atomic E-state index is 0.103. The van der Waals surface area contributed by atoms with Crippen molar-refractivity contribution in [2.75, 3.05) is 13.2 Å². The molecule has 0 saturated heterocycles. The number of hydrogen-bond donors (Lipinski definition) is 2. The van der Waals surface area contributed by atoms with Crippen LogP contribution in [0.2, 0.25) is 0 Å². The number of carbonyl (C=O) groups is 1. The van der Waals surface area contributed by atoms with Gasteiger partial charge in [-0.05, 0) is 41.9 Å². The highest BCUT2D eigenvalue weighted by molar-refractivity contribution is 9.11. The lowest BCUT2D eigenvalue weighted by Gasteiger charge is -2.18. The van der Waals surface area contributed by atoms with Gasteiger partial charge in [-0.15, -0.1) is 11.3 Å². The molecule has 7 nitrogen and oxygen atoms in total. The van der Waals surface area contributed by atoms with Crippen molar-refractivity contribution in [1.82, 2.24) is 5.32 Å². The molecule has 1 aromatic carbocycles. The summed E-state index contributed by atoms with van der Waals surface area (Å²) in [4.78, 5) is 12.3. The Morgan fingerprint density at radius 3 is 2.85 bits per heavy atom. The van der Waals surface area contributed by atoms with Crippen LogP contribution < -0.4 is 19.9 Å². The standard InChI is InChI=1S/C17H19BrN2O5S2/c1-17(2)9-10-4-3-5-11(14(10)25-17)24-7-6-20-16(21)12-8-13(15(18)26-12)27(19,22)23/h3-5,8H,6-7,9H2,1-2H3,(H,20,21)(H2,19,22,23). The Kier molecular flexibility index (Phi) is 5.53. The number of halogens is 1. The van der Waals surface area contributed by atoms with Gasteiger partial charge in [-0.2, -0.15) is 0 Å². The van der Waals surface area contributed by atoms with Crippen molar-refractivity contribution in [3.63, 3.8) is 0 Å². The number of ether oxygens (including phenoxy) is 2. The molecule has 0 atom stereocenters. The zero-order chi connectivity index (χ0) is 19.8. The van der Waals surface area contributed by atoms with Gasteiger partial charge in [0.2, 0.25) is 10.0 Å². The molecule has 1 aliphatic heterocycles. The van der Waals surface area contributed by atoms with Crippen LogP contribution in [0, 0.1) is 0 Å². The number of hydrogen-bond acceptors (Lipinski definition) is 6. The highest BCUT2D eigenvalue weighted by atomic mass is 79.9. The number of sulfonamides is 1. The van der Waals surface area contributed by atoms with E-state index >= 15 is 0 Å². The van der Waals surface area contributed by atoms with E-state index in [1.807, 2.05) is 32.0 Å². The molecule has 1 aliphatic rings. The lowest BCUT2D eigenvalue weighted by Crippen LogP contribution is -2.27. The van der Waals surface area contributed by atoms with Gasteiger partial charge in [0, 0.05) is 12.0 Å². The van der Waals surface area contributed by atoms with E-state index in [0.717, 1.165) is 29.1 Å². The molecular weight excluding hydrogens is 456 g/mol. The molecule has 0 spiro atoms. The Balaban J connectivity index is 1.56. The Morgan fingerprint density at radius 1 is 1.44 bits per heavy atom. The van der Waals surface area contributed by atoms with E-state index < -0.39 is 15.9 Å². The van der Waals surface area contributed by atoms with Gasteiger partial charge in [0.15, 0.2) is 11.5 Å². The second-order valence-electron chi connectivity index (χ2n) is 6.68. The number of benzene rings is 1. The minimum atomic E-state index is -3.88. The van der Waals surface area contributed by atoms with Gasteiger partial charge in [0.25, 0.3) is 5.91 Å². The Bertz CT molecular complexity index is 985. The molecule has 0 unspecified atom stereocenters. The summed E-state index contributed by atoms with van der Waals surface area (Å²) in [6.45, 7) is 4.55. The topological polar surface area (TPSA) is 108 Å². The van der Waals surface area contributed by atoms with E-state index in [9.17, 15) is 13.2 Å². The molecule has 10 heteroatoms. The van der Waals surface area contributed by atoms with Gasteiger partial charge in [0.1, 0.15) is 17.1 Å². The third-order valence-electron chi connectivity index (χ3n) is 3.89.